The van der Waals surface area contributed by atoms with Crippen LogP contribution in [0.4, 0.5) is 0 Å². The maximum atomic E-state index is 6.54. The summed E-state index contributed by atoms with van der Waals surface area (Å²) in [5, 5.41) is 5.43. The molecule has 1 aromatic carbocycles. The van der Waals surface area contributed by atoms with Crippen LogP contribution < -0.4 is 0 Å². The molecule has 1 saturated carbocycles. The van der Waals surface area contributed by atoms with E-state index in [0.29, 0.717) is 17.0 Å². The van der Waals surface area contributed by atoms with Gasteiger partial charge in [0.25, 0.3) is 0 Å². The number of halogens is 2. The molecule has 0 spiro atoms. The largest absolute Gasteiger partial charge is 0.221 e. The first-order valence-corrected chi connectivity index (χ1v) is 7.85. The van der Waals surface area contributed by atoms with Gasteiger partial charge in [0, 0.05) is 11.5 Å². The molecule has 1 heterocycles. The minimum absolute atomic E-state index is 0.425. The maximum absolute atomic E-state index is 6.54. The molecule has 106 valence electrons. The van der Waals surface area contributed by atoms with Crippen LogP contribution >= 0.6 is 23.2 Å². The van der Waals surface area contributed by atoms with Crippen molar-refractivity contribution < 1.29 is 0 Å². The van der Waals surface area contributed by atoms with E-state index >= 15 is 0 Å². The molecule has 1 aliphatic carbocycles. The Morgan fingerprint density at radius 1 is 1.20 bits per heavy atom. The van der Waals surface area contributed by atoms with E-state index in [1.165, 1.54) is 29.5 Å². The van der Waals surface area contributed by atoms with Crippen LogP contribution in [0.15, 0.2) is 12.1 Å². The molecule has 0 amide bonds. The maximum Gasteiger partial charge on any atom is 0.137 e. The van der Waals surface area contributed by atoms with Gasteiger partial charge in [0.2, 0.25) is 0 Å². The van der Waals surface area contributed by atoms with Gasteiger partial charge in [0.1, 0.15) is 5.15 Å². The SMILES string of the molecule is Cc1cc(C)c(-n2nc(C3CC3)c(CCl)c2Cl)c(C)c1. The summed E-state index contributed by atoms with van der Waals surface area (Å²) < 4.78 is 1.87. The summed E-state index contributed by atoms with van der Waals surface area (Å²) in [6, 6.07) is 4.33. The van der Waals surface area contributed by atoms with E-state index in [4.69, 9.17) is 28.3 Å². The van der Waals surface area contributed by atoms with E-state index in [-0.39, 0.29) is 0 Å². The second-order valence-electron chi connectivity index (χ2n) is 5.72. The van der Waals surface area contributed by atoms with Crippen molar-refractivity contribution in [3.05, 3.63) is 45.2 Å². The number of benzene rings is 1. The van der Waals surface area contributed by atoms with Gasteiger partial charge < -0.3 is 0 Å². The van der Waals surface area contributed by atoms with Crippen LogP contribution in [0.5, 0.6) is 0 Å². The number of hydrogen-bond acceptors (Lipinski definition) is 1. The first-order chi connectivity index (χ1) is 9.52. The average molecular weight is 309 g/mol. The number of rotatable bonds is 3. The molecule has 0 saturated heterocycles. The van der Waals surface area contributed by atoms with Crippen molar-refractivity contribution in [2.75, 3.05) is 0 Å². The lowest BCUT2D eigenvalue weighted by atomic mass is 10.1. The van der Waals surface area contributed by atoms with Gasteiger partial charge in [0.15, 0.2) is 0 Å². The Hall–Kier alpha value is -0.990. The first-order valence-electron chi connectivity index (χ1n) is 6.94. The fraction of sp³-hybridized carbons (Fsp3) is 0.438. The number of aryl methyl sites for hydroxylation is 3. The molecule has 1 aliphatic rings. The van der Waals surface area contributed by atoms with Crippen molar-refractivity contribution in [3.63, 3.8) is 0 Å². The van der Waals surface area contributed by atoms with Crippen LogP contribution in [-0.2, 0) is 5.88 Å². The molecule has 0 bridgehead atoms. The van der Waals surface area contributed by atoms with Gasteiger partial charge in [0.05, 0.1) is 17.3 Å². The molecule has 1 fully saturated rings. The standard InChI is InChI=1S/C16H18Cl2N2/c1-9-6-10(2)15(11(3)7-9)20-16(18)13(8-17)14(19-20)12-4-5-12/h6-7,12H,4-5,8H2,1-3H3. The lowest BCUT2D eigenvalue weighted by molar-refractivity contribution is 0.826. The summed E-state index contributed by atoms with van der Waals surface area (Å²) in [6.45, 7) is 6.31. The molecular formula is C16H18Cl2N2. The third kappa shape index (κ3) is 2.25. The summed E-state index contributed by atoms with van der Waals surface area (Å²) >= 11 is 12.6. The summed E-state index contributed by atoms with van der Waals surface area (Å²) in [5.41, 5.74) is 6.80. The van der Waals surface area contributed by atoms with Crippen LogP contribution in [-0.4, -0.2) is 9.78 Å². The number of aromatic nitrogens is 2. The first kappa shape index (κ1) is 14.0. The van der Waals surface area contributed by atoms with Crippen molar-refractivity contribution >= 4 is 23.2 Å². The van der Waals surface area contributed by atoms with Crippen molar-refractivity contribution in [3.8, 4) is 5.69 Å². The van der Waals surface area contributed by atoms with Gasteiger partial charge in [-0.1, -0.05) is 29.3 Å². The highest BCUT2D eigenvalue weighted by atomic mass is 35.5. The highest BCUT2D eigenvalue weighted by Crippen LogP contribution is 2.43. The van der Waals surface area contributed by atoms with Crippen LogP contribution in [0.1, 0.15) is 46.7 Å². The third-order valence-corrected chi connectivity index (χ3v) is 4.55. The topological polar surface area (TPSA) is 17.8 Å². The zero-order valence-electron chi connectivity index (χ0n) is 12.0. The van der Waals surface area contributed by atoms with Gasteiger partial charge in [-0.3, -0.25) is 0 Å². The number of alkyl halides is 1. The minimum atomic E-state index is 0.425. The molecule has 4 heteroatoms. The van der Waals surface area contributed by atoms with E-state index in [2.05, 4.69) is 32.9 Å². The molecule has 3 rings (SSSR count). The zero-order chi connectivity index (χ0) is 14.4. The Labute approximate surface area is 129 Å². The summed E-state index contributed by atoms with van der Waals surface area (Å²) in [6.07, 6.45) is 2.40. The Kier molecular flexibility index (Phi) is 3.55. The van der Waals surface area contributed by atoms with E-state index in [0.717, 1.165) is 16.9 Å². The third-order valence-electron chi connectivity index (χ3n) is 3.90. The monoisotopic (exact) mass is 308 g/mol. The highest BCUT2D eigenvalue weighted by Gasteiger charge is 2.31. The number of hydrogen-bond donors (Lipinski definition) is 0. The highest BCUT2D eigenvalue weighted by molar-refractivity contribution is 6.31. The summed E-state index contributed by atoms with van der Waals surface area (Å²) in [4.78, 5) is 0. The van der Waals surface area contributed by atoms with Gasteiger partial charge in [-0.2, -0.15) is 5.10 Å². The van der Waals surface area contributed by atoms with Gasteiger partial charge >= 0.3 is 0 Å². The van der Waals surface area contributed by atoms with Crippen molar-refractivity contribution in [2.24, 2.45) is 0 Å². The Bertz CT molecular complexity index is 646. The van der Waals surface area contributed by atoms with Gasteiger partial charge in [-0.15, -0.1) is 11.6 Å². The van der Waals surface area contributed by atoms with Crippen LogP contribution in [0, 0.1) is 20.8 Å². The Morgan fingerprint density at radius 2 is 1.80 bits per heavy atom. The van der Waals surface area contributed by atoms with E-state index in [9.17, 15) is 0 Å². The fourth-order valence-corrected chi connectivity index (χ4v) is 3.53. The normalized spacial score (nSPS) is 14.8. The quantitative estimate of drug-likeness (QED) is 0.724. The average Bonchev–Trinajstić information content (AvgIpc) is 3.15. The van der Waals surface area contributed by atoms with Crippen molar-refractivity contribution in [2.45, 2.75) is 45.4 Å². The summed E-state index contributed by atoms with van der Waals surface area (Å²) in [7, 11) is 0. The predicted molar refractivity (Wildman–Crippen MR) is 84.3 cm³/mol. The minimum Gasteiger partial charge on any atom is -0.221 e. The molecule has 0 atom stereocenters. The molecule has 0 radical (unpaired) electrons. The van der Waals surface area contributed by atoms with Gasteiger partial charge in [-0.25, -0.2) is 4.68 Å². The van der Waals surface area contributed by atoms with Crippen molar-refractivity contribution in [1.82, 2.24) is 9.78 Å². The molecule has 2 nitrogen and oxygen atoms in total. The van der Waals surface area contributed by atoms with E-state index in [1.54, 1.807) is 0 Å². The predicted octanol–water partition coefficient (Wildman–Crippen LogP) is 5.07. The molecule has 0 N–H and O–H groups in total. The second-order valence-corrected chi connectivity index (χ2v) is 6.35. The lowest BCUT2D eigenvalue weighted by Gasteiger charge is -2.12. The van der Waals surface area contributed by atoms with Crippen LogP contribution in [0.3, 0.4) is 0 Å². The second kappa shape index (κ2) is 5.09. The molecular weight excluding hydrogens is 291 g/mol. The summed E-state index contributed by atoms with van der Waals surface area (Å²) in [5.74, 6) is 0.975. The smallest absolute Gasteiger partial charge is 0.137 e. The van der Waals surface area contributed by atoms with Crippen LogP contribution in [0.2, 0.25) is 5.15 Å². The molecule has 0 aliphatic heterocycles. The lowest BCUT2D eigenvalue weighted by Crippen LogP contribution is -2.03. The molecule has 0 unspecified atom stereocenters. The van der Waals surface area contributed by atoms with Crippen molar-refractivity contribution in [1.29, 1.82) is 0 Å². The molecule has 20 heavy (non-hydrogen) atoms. The van der Waals surface area contributed by atoms with E-state index < -0.39 is 0 Å². The van der Waals surface area contributed by atoms with E-state index in [1.807, 2.05) is 4.68 Å². The molecule has 2 aromatic rings. The van der Waals surface area contributed by atoms with Crippen LogP contribution in [0.25, 0.3) is 5.69 Å². The zero-order valence-corrected chi connectivity index (χ0v) is 13.5. The molecule has 1 aromatic heterocycles. The Balaban J connectivity index is 2.20. The number of nitrogens with zero attached hydrogens (tertiary/aromatic N) is 2. The fourth-order valence-electron chi connectivity index (χ4n) is 2.91. The van der Waals surface area contributed by atoms with Gasteiger partial charge in [-0.05, 0) is 44.7 Å². The Morgan fingerprint density at radius 3 is 2.30 bits per heavy atom.